The Balaban J connectivity index is 1.39. The lowest BCUT2D eigenvalue weighted by Crippen LogP contribution is -2.33. The average molecular weight is 501 g/mol. The quantitative estimate of drug-likeness (QED) is 0.178. The number of hydrogen-bond acceptors (Lipinski definition) is 7. The lowest BCUT2D eigenvalue weighted by molar-refractivity contribution is 0.0950. The molecule has 4 aromatic rings. The lowest BCUT2D eigenvalue weighted by Gasteiger charge is -2.20. The summed E-state index contributed by atoms with van der Waals surface area (Å²) in [5.41, 5.74) is 4.65. The Labute approximate surface area is 215 Å². The van der Waals surface area contributed by atoms with Crippen LogP contribution < -0.4 is 10.6 Å². The van der Waals surface area contributed by atoms with Crippen molar-refractivity contribution in [1.82, 2.24) is 25.4 Å². The van der Waals surface area contributed by atoms with Crippen molar-refractivity contribution in [3.63, 3.8) is 0 Å². The first-order valence-electron chi connectivity index (χ1n) is 12.3. The molecule has 0 spiro atoms. The number of carbonyl (C=O) groups is 1. The third kappa shape index (κ3) is 7.23. The van der Waals surface area contributed by atoms with Gasteiger partial charge in [-0.25, -0.2) is 0 Å². The Kier molecular flexibility index (Phi) is 9.36. The number of aliphatic hydroxyl groups excluding tert-OH is 2. The molecule has 0 radical (unpaired) electrons. The second-order valence-corrected chi connectivity index (χ2v) is 8.53. The van der Waals surface area contributed by atoms with Gasteiger partial charge in [-0.3, -0.25) is 19.8 Å². The molecule has 0 unspecified atom stereocenters. The zero-order chi connectivity index (χ0) is 25.9. The number of benzene rings is 2. The first-order valence-corrected chi connectivity index (χ1v) is 12.3. The third-order valence-electron chi connectivity index (χ3n) is 5.91. The molecule has 192 valence electrons. The summed E-state index contributed by atoms with van der Waals surface area (Å²) in [7, 11) is 0. The van der Waals surface area contributed by atoms with E-state index in [1.54, 1.807) is 12.3 Å². The van der Waals surface area contributed by atoms with Crippen molar-refractivity contribution in [3.8, 4) is 0 Å². The van der Waals surface area contributed by atoms with E-state index in [9.17, 15) is 4.79 Å². The first-order chi connectivity index (χ1) is 18.2. The van der Waals surface area contributed by atoms with E-state index in [0.717, 1.165) is 34.4 Å². The highest BCUT2D eigenvalue weighted by molar-refractivity contribution is 6.00. The average Bonchev–Trinajstić information content (AvgIpc) is 3.33. The van der Waals surface area contributed by atoms with Gasteiger partial charge in [0.05, 0.1) is 41.4 Å². The van der Waals surface area contributed by atoms with E-state index in [4.69, 9.17) is 10.2 Å². The number of aromatic amines is 1. The third-order valence-corrected chi connectivity index (χ3v) is 5.91. The van der Waals surface area contributed by atoms with Gasteiger partial charge in [0.15, 0.2) is 0 Å². The maximum absolute atomic E-state index is 12.9. The molecule has 2 aromatic carbocycles. The molecule has 4 rings (SSSR count). The molecule has 0 saturated carbocycles. The molecule has 0 aliphatic carbocycles. The monoisotopic (exact) mass is 500 g/mol. The fraction of sp³-hybridized carbons (Fsp3) is 0.250. The van der Waals surface area contributed by atoms with Crippen LogP contribution in [0.25, 0.3) is 23.1 Å². The second-order valence-electron chi connectivity index (χ2n) is 8.53. The standard InChI is InChI=1S/C28H32N6O3/c35-18-16-34(17-19-36)15-5-14-30-28(37)24-7-1-2-8-25(24)31-22-9-11-23-26(32-33-27(23)20-22)12-10-21-6-3-4-13-29-21/h1-4,6-13,20,31,35-36H,5,14-19H2,(H,30,37)(H,32,33)/b12-10+. The number of amides is 1. The van der Waals surface area contributed by atoms with Crippen molar-refractivity contribution in [2.75, 3.05) is 44.7 Å². The molecule has 5 N–H and O–H groups in total. The van der Waals surface area contributed by atoms with Crippen molar-refractivity contribution in [1.29, 1.82) is 0 Å². The van der Waals surface area contributed by atoms with E-state index in [1.807, 2.05) is 71.6 Å². The molecular formula is C28H32N6O3. The van der Waals surface area contributed by atoms with Crippen molar-refractivity contribution in [2.24, 2.45) is 0 Å². The number of rotatable bonds is 13. The summed E-state index contributed by atoms with van der Waals surface area (Å²) in [4.78, 5) is 19.1. The molecule has 37 heavy (non-hydrogen) atoms. The lowest BCUT2D eigenvalue weighted by atomic mass is 10.1. The maximum atomic E-state index is 12.9. The molecule has 2 heterocycles. The molecule has 9 heteroatoms. The SMILES string of the molecule is O=C(NCCCN(CCO)CCO)c1ccccc1Nc1ccc2c(/C=C/c3ccccn3)n[nH]c2c1. The Morgan fingerprint density at radius 1 is 0.973 bits per heavy atom. The number of hydrogen-bond donors (Lipinski definition) is 5. The summed E-state index contributed by atoms with van der Waals surface area (Å²) in [6.07, 6.45) is 6.33. The van der Waals surface area contributed by atoms with Crippen molar-refractivity contribution < 1.29 is 15.0 Å². The van der Waals surface area contributed by atoms with E-state index < -0.39 is 0 Å². The number of fused-ring (bicyclic) bond motifs is 1. The van der Waals surface area contributed by atoms with Crippen LogP contribution >= 0.6 is 0 Å². The summed E-state index contributed by atoms with van der Waals surface area (Å²) < 4.78 is 0. The first kappa shape index (κ1) is 26.0. The Bertz CT molecular complexity index is 1320. The Morgan fingerprint density at radius 2 is 1.78 bits per heavy atom. The molecule has 1 amide bonds. The summed E-state index contributed by atoms with van der Waals surface area (Å²) in [6.45, 7) is 2.27. The largest absolute Gasteiger partial charge is 0.395 e. The molecule has 0 aliphatic heterocycles. The number of carbonyl (C=O) groups excluding carboxylic acids is 1. The van der Waals surface area contributed by atoms with Crippen LogP contribution in [-0.2, 0) is 0 Å². The minimum atomic E-state index is -0.163. The molecule has 0 bridgehead atoms. The van der Waals surface area contributed by atoms with Crippen LogP contribution in [0.15, 0.2) is 66.9 Å². The molecule has 0 atom stereocenters. The number of nitrogens with zero attached hydrogens (tertiary/aromatic N) is 3. The number of para-hydroxylation sites is 1. The zero-order valence-corrected chi connectivity index (χ0v) is 20.6. The van der Waals surface area contributed by atoms with Gasteiger partial charge >= 0.3 is 0 Å². The molecule has 0 saturated heterocycles. The predicted octanol–water partition coefficient (Wildman–Crippen LogP) is 3.28. The predicted molar refractivity (Wildman–Crippen MR) is 147 cm³/mol. The van der Waals surface area contributed by atoms with Gasteiger partial charge in [0.2, 0.25) is 0 Å². The van der Waals surface area contributed by atoms with Crippen molar-refractivity contribution in [3.05, 3.63) is 83.8 Å². The van der Waals surface area contributed by atoms with Crippen LogP contribution in [0, 0.1) is 0 Å². The fourth-order valence-corrected chi connectivity index (χ4v) is 4.05. The fourth-order valence-electron chi connectivity index (χ4n) is 4.05. The van der Waals surface area contributed by atoms with Crippen molar-refractivity contribution in [2.45, 2.75) is 6.42 Å². The minimum Gasteiger partial charge on any atom is -0.395 e. The van der Waals surface area contributed by atoms with Gasteiger partial charge in [0.25, 0.3) is 5.91 Å². The highest BCUT2D eigenvalue weighted by atomic mass is 16.3. The van der Waals surface area contributed by atoms with Gasteiger partial charge in [0.1, 0.15) is 0 Å². The number of anilines is 2. The zero-order valence-electron chi connectivity index (χ0n) is 20.6. The van der Waals surface area contributed by atoms with Crippen LogP contribution in [0.1, 0.15) is 28.2 Å². The molecule has 2 aromatic heterocycles. The van der Waals surface area contributed by atoms with Gasteiger partial charge in [0, 0.05) is 36.9 Å². The Hall–Kier alpha value is -4.05. The van der Waals surface area contributed by atoms with E-state index in [2.05, 4.69) is 25.8 Å². The van der Waals surface area contributed by atoms with Gasteiger partial charge < -0.3 is 20.8 Å². The van der Waals surface area contributed by atoms with Gasteiger partial charge in [-0.1, -0.05) is 18.2 Å². The van der Waals surface area contributed by atoms with Gasteiger partial charge in [-0.05, 0) is 67.6 Å². The molecule has 0 aliphatic rings. The topological polar surface area (TPSA) is 126 Å². The number of pyridine rings is 1. The van der Waals surface area contributed by atoms with Crippen molar-refractivity contribution >= 4 is 40.3 Å². The number of nitrogens with one attached hydrogen (secondary N) is 3. The van der Waals surface area contributed by atoms with Crippen LogP contribution in [0.2, 0.25) is 0 Å². The minimum absolute atomic E-state index is 0.0406. The highest BCUT2D eigenvalue weighted by Crippen LogP contribution is 2.26. The summed E-state index contributed by atoms with van der Waals surface area (Å²) in [6, 6.07) is 19.1. The maximum Gasteiger partial charge on any atom is 0.253 e. The van der Waals surface area contributed by atoms with E-state index in [0.29, 0.717) is 37.4 Å². The van der Waals surface area contributed by atoms with Crippen LogP contribution in [0.4, 0.5) is 11.4 Å². The number of aliphatic hydroxyl groups is 2. The second kappa shape index (κ2) is 13.3. The Morgan fingerprint density at radius 3 is 2.57 bits per heavy atom. The van der Waals surface area contributed by atoms with Crippen LogP contribution in [-0.4, -0.2) is 75.6 Å². The summed E-state index contributed by atoms with van der Waals surface area (Å²) >= 11 is 0. The van der Waals surface area contributed by atoms with Gasteiger partial charge in [-0.2, -0.15) is 5.10 Å². The molecule has 9 nitrogen and oxygen atoms in total. The molecule has 0 fully saturated rings. The normalized spacial score (nSPS) is 11.4. The van der Waals surface area contributed by atoms with Gasteiger partial charge in [-0.15, -0.1) is 0 Å². The smallest absolute Gasteiger partial charge is 0.253 e. The molecular weight excluding hydrogens is 468 g/mol. The summed E-state index contributed by atoms with van der Waals surface area (Å²) in [5.74, 6) is -0.163. The van der Waals surface area contributed by atoms with E-state index in [-0.39, 0.29) is 19.1 Å². The number of H-pyrrole nitrogens is 1. The number of aromatic nitrogens is 3. The summed E-state index contributed by atoms with van der Waals surface area (Å²) in [5, 5.41) is 33.0. The van der Waals surface area contributed by atoms with Crippen LogP contribution in [0.5, 0.6) is 0 Å². The highest BCUT2D eigenvalue weighted by Gasteiger charge is 2.12. The van der Waals surface area contributed by atoms with E-state index >= 15 is 0 Å². The van der Waals surface area contributed by atoms with Crippen LogP contribution in [0.3, 0.4) is 0 Å². The van der Waals surface area contributed by atoms with E-state index in [1.165, 1.54) is 0 Å².